The summed E-state index contributed by atoms with van der Waals surface area (Å²) >= 11 is 0. The van der Waals surface area contributed by atoms with Crippen molar-refractivity contribution in [2.75, 3.05) is 31.1 Å². The Morgan fingerprint density at radius 1 is 1.03 bits per heavy atom. The fourth-order valence-corrected chi connectivity index (χ4v) is 6.80. The Kier molecular flexibility index (Phi) is 5.00. The minimum Gasteiger partial charge on any atom is -0.357 e. The summed E-state index contributed by atoms with van der Waals surface area (Å²) in [5.74, 6) is 1.05. The van der Waals surface area contributed by atoms with E-state index in [0.29, 0.717) is 11.8 Å². The molecule has 0 spiro atoms. The van der Waals surface area contributed by atoms with Crippen LogP contribution in [0.4, 0.5) is 5.69 Å². The highest BCUT2D eigenvalue weighted by Gasteiger charge is 2.42. The number of para-hydroxylation sites is 1. The van der Waals surface area contributed by atoms with Gasteiger partial charge in [-0.15, -0.1) is 0 Å². The number of carbonyl (C=O) groups is 2. The molecule has 3 unspecified atom stereocenters. The van der Waals surface area contributed by atoms with Gasteiger partial charge >= 0.3 is 0 Å². The third-order valence-electron chi connectivity index (χ3n) is 8.52. The number of aromatic nitrogens is 1. The maximum atomic E-state index is 13.4. The number of nitrogens with zero attached hydrogens (tertiary/aromatic N) is 4. The Hall–Kier alpha value is -2.76. The molecule has 3 atom stereocenters. The second kappa shape index (κ2) is 7.93. The average molecular weight is 447 g/mol. The Bertz CT molecular complexity index is 1110. The second-order valence-electron chi connectivity index (χ2n) is 10.3. The number of rotatable bonds is 4. The van der Waals surface area contributed by atoms with E-state index in [-0.39, 0.29) is 18.0 Å². The van der Waals surface area contributed by atoms with E-state index in [1.807, 2.05) is 4.90 Å². The Morgan fingerprint density at radius 2 is 1.88 bits per heavy atom. The standard InChI is InChI=1S/C27H34N4O2/c1-3-28-10-11-30-23-9-8-19(15-21(23)17-24(30)26(28)32)14-18(2)29-12-13-31-22-7-5-4-6-20(22)16-25(31)27(29)33/h4-7,17-19,25H,3,8-16H2,1-2H3. The molecule has 4 aliphatic rings. The van der Waals surface area contributed by atoms with Crippen LogP contribution in [0.15, 0.2) is 30.3 Å². The third kappa shape index (κ3) is 3.29. The van der Waals surface area contributed by atoms with Crippen LogP contribution in [0.2, 0.25) is 0 Å². The lowest BCUT2D eigenvalue weighted by Gasteiger charge is -2.42. The first-order valence-electron chi connectivity index (χ1n) is 12.7. The van der Waals surface area contributed by atoms with Crippen molar-refractivity contribution < 1.29 is 9.59 Å². The molecule has 3 aliphatic heterocycles. The summed E-state index contributed by atoms with van der Waals surface area (Å²) in [7, 11) is 0. The van der Waals surface area contributed by atoms with Crippen LogP contribution in [0.5, 0.6) is 0 Å². The molecule has 1 fully saturated rings. The summed E-state index contributed by atoms with van der Waals surface area (Å²) in [6, 6.07) is 10.9. The molecule has 1 saturated heterocycles. The smallest absolute Gasteiger partial charge is 0.270 e. The first-order chi connectivity index (χ1) is 16.0. The molecule has 174 valence electrons. The topological polar surface area (TPSA) is 48.8 Å². The molecule has 1 aliphatic carbocycles. The summed E-state index contributed by atoms with van der Waals surface area (Å²) in [6.45, 7) is 8.55. The van der Waals surface area contributed by atoms with Crippen LogP contribution in [0, 0.1) is 5.92 Å². The van der Waals surface area contributed by atoms with E-state index < -0.39 is 0 Å². The zero-order valence-electron chi connectivity index (χ0n) is 19.8. The lowest BCUT2D eigenvalue weighted by atomic mass is 9.83. The van der Waals surface area contributed by atoms with Gasteiger partial charge in [0.1, 0.15) is 11.7 Å². The van der Waals surface area contributed by atoms with Crippen molar-refractivity contribution in [1.29, 1.82) is 0 Å². The number of piperazine rings is 1. The number of fused-ring (bicyclic) bond motifs is 6. The van der Waals surface area contributed by atoms with Gasteiger partial charge in [-0.2, -0.15) is 0 Å². The number of hydrogen-bond donors (Lipinski definition) is 0. The highest BCUT2D eigenvalue weighted by molar-refractivity contribution is 5.94. The fourth-order valence-electron chi connectivity index (χ4n) is 6.80. The highest BCUT2D eigenvalue weighted by atomic mass is 16.2. The normalized spacial score (nSPS) is 25.0. The van der Waals surface area contributed by atoms with Gasteiger partial charge in [-0.05, 0) is 68.7 Å². The minimum absolute atomic E-state index is 0.0257. The molecule has 1 aromatic heterocycles. The van der Waals surface area contributed by atoms with Crippen molar-refractivity contribution >= 4 is 17.5 Å². The molecule has 2 amide bonds. The van der Waals surface area contributed by atoms with Crippen molar-refractivity contribution in [3.63, 3.8) is 0 Å². The molecule has 6 nitrogen and oxygen atoms in total. The third-order valence-corrected chi connectivity index (χ3v) is 8.52. The molecule has 2 aromatic rings. The monoisotopic (exact) mass is 446 g/mol. The van der Waals surface area contributed by atoms with Crippen LogP contribution in [-0.4, -0.2) is 64.4 Å². The van der Waals surface area contributed by atoms with E-state index in [2.05, 4.69) is 58.5 Å². The summed E-state index contributed by atoms with van der Waals surface area (Å²) in [6.07, 6.45) is 5.11. The van der Waals surface area contributed by atoms with Crippen molar-refractivity contribution in [3.05, 3.63) is 52.8 Å². The number of hydrogen-bond acceptors (Lipinski definition) is 3. The number of anilines is 1. The fraction of sp³-hybridized carbons (Fsp3) is 0.556. The first-order valence-corrected chi connectivity index (χ1v) is 12.7. The van der Waals surface area contributed by atoms with E-state index in [9.17, 15) is 9.59 Å². The van der Waals surface area contributed by atoms with E-state index in [1.165, 1.54) is 22.5 Å². The summed E-state index contributed by atoms with van der Waals surface area (Å²) in [5.41, 5.74) is 6.18. The van der Waals surface area contributed by atoms with E-state index in [0.717, 1.165) is 70.5 Å². The van der Waals surface area contributed by atoms with E-state index in [4.69, 9.17) is 0 Å². The van der Waals surface area contributed by atoms with Crippen LogP contribution in [0.3, 0.4) is 0 Å². The van der Waals surface area contributed by atoms with Crippen molar-refractivity contribution in [2.45, 2.75) is 64.6 Å². The van der Waals surface area contributed by atoms with Crippen molar-refractivity contribution in [1.82, 2.24) is 14.4 Å². The molecule has 4 heterocycles. The van der Waals surface area contributed by atoms with Crippen LogP contribution in [0.25, 0.3) is 0 Å². The molecule has 0 bridgehead atoms. The average Bonchev–Trinajstić information content (AvgIpc) is 3.39. The molecular formula is C27H34N4O2. The predicted octanol–water partition coefficient (Wildman–Crippen LogP) is 3.12. The highest BCUT2D eigenvalue weighted by Crippen LogP contribution is 2.37. The largest absolute Gasteiger partial charge is 0.357 e. The molecule has 6 rings (SSSR count). The SMILES string of the molecule is CCN1CCn2c(cc3c2CCC(CC(C)N2CCN4c5ccccc5CC4C2=O)C3)C1=O. The minimum atomic E-state index is -0.0257. The molecule has 0 saturated carbocycles. The number of amides is 2. The first kappa shape index (κ1) is 20.8. The summed E-state index contributed by atoms with van der Waals surface area (Å²) < 4.78 is 2.28. The Labute approximate surface area is 196 Å². The van der Waals surface area contributed by atoms with Gasteiger partial charge < -0.3 is 19.3 Å². The van der Waals surface area contributed by atoms with E-state index >= 15 is 0 Å². The zero-order valence-corrected chi connectivity index (χ0v) is 19.8. The molecule has 6 heteroatoms. The molecule has 1 aromatic carbocycles. The van der Waals surface area contributed by atoms with Crippen LogP contribution in [0.1, 0.15) is 54.0 Å². The van der Waals surface area contributed by atoms with Gasteiger partial charge in [0.2, 0.25) is 5.91 Å². The number of likely N-dealkylation sites (N-methyl/N-ethyl adjacent to an activating group) is 1. The molecule has 0 N–H and O–H groups in total. The van der Waals surface area contributed by atoms with Crippen LogP contribution in [-0.2, 0) is 30.6 Å². The van der Waals surface area contributed by atoms with Gasteiger partial charge in [0.15, 0.2) is 0 Å². The summed E-state index contributed by atoms with van der Waals surface area (Å²) in [4.78, 5) is 32.6. The van der Waals surface area contributed by atoms with Gasteiger partial charge in [-0.3, -0.25) is 9.59 Å². The lowest BCUT2D eigenvalue weighted by Crippen LogP contribution is -2.58. The van der Waals surface area contributed by atoms with Gasteiger partial charge in [-0.1, -0.05) is 18.2 Å². The zero-order chi connectivity index (χ0) is 22.7. The molecule has 33 heavy (non-hydrogen) atoms. The predicted molar refractivity (Wildman–Crippen MR) is 129 cm³/mol. The quantitative estimate of drug-likeness (QED) is 0.725. The lowest BCUT2D eigenvalue weighted by molar-refractivity contribution is -0.136. The Balaban J connectivity index is 1.13. The maximum absolute atomic E-state index is 13.4. The second-order valence-corrected chi connectivity index (χ2v) is 10.3. The van der Waals surface area contributed by atoms with Gasteiger partial charge in [0.25, 0.3) is 5.91 Å². The molecular weight excluding hydrogens is 412 g/mol. The van der Waals surface area contributed by atoms with E-state index in [1.54, 1.807) is 0 Å². The van der Waals surface area contributed by atoms with Crippen LogP contribution >= 0.6 is 0 Å². The van der Waals surface area contributed by atoms with Crippen molar-refractivity contribution in [3.8, 4) is 0 Å². The summed E-state index contributed by atoms with van der Waals surface area (Å²) in [5, 5.41) is 0. The maximum Gasteiger partial charge on any atom is 0.270 e. The van der Waals surface area contributed by atoms with Crippen LogP contribution < -0.4 is 4.90 Å². The van der Waals surface area contributed by atoms with Crippen molar-refractivity contribution in [2.24, 2.45) is 5.92 Å². The number of carbonyl (C=O) groups excluding carboxylic acids is 2. The van der Waals surface area contributed by atoms with Gasteiger partial charge in [-0.25, -0.2) is 0 Å². The Morgan fingerprint density at radius 3 is 2.73 bits per heavy atom. The van der Waals surface area contributed by atoms with Gasteiger partial charge in [0.05, 0.1) is 0 Å². The number of benzene rings is 1. The van der Waals surface area contributed by atoms with Gasteiger partial charge in [0, 0.05) is 56.6 Å². The molecule has 0 radical (unpaired) electrons.